The van der Waals surface area contributed by atoms with Crippen LogP contribution in [-0.2, 0) is 0 Å². The molecule has 3 aromatic rings. The fourth-order valence-corrected chi connectivity index (χ4v) is 8.62. The maximum Gasteiger partial charge on any atom is 0.296 e. The first-order valence-electron chi connectivity index (χ1n) is 14.5. The smallest absolute Gasteiger partial charge is 0.296 e. The van der Waals surface area contributed by atoms with Gasteiger partial charge in [0.2, 0.25) is 10.6 Å². The average Bonchev–Trinajstić information content (AvgIpc) is 2.89. The van der Waals surface area contributed by atoms with E-state index in [0.717, 1.165) is 35.7 Å². The summed E-state index contributed by atoms with van der Waals surface area (Å²) in [7, 11) is 0. The number of aromatic nitrogens is 5. The van der Waals surface area contributed by atoms with Crippen LogP contribution in [0.3, 0.4) is 0 Å². The highest BCUT2D eigenvalue weighted by Gasteiger charge is 2.45. The van der Waals surface area contributed by atoms with Gasteiger partial charge in [0.05, 0.1) is 11.0 Å². The van der Waals surface area contributed by atoms with Crippen LogP contribution in [0.4, 0.5) is 0 Å². The third-order valence-corrected chi connectivity index (χ3v) is 10.1. The first-order chi connectivity index (χ1) is 18.5. The Morgan fingerprint density at radius 1 is 0.868 bits per heavy atom. The van der Waals surface area contributed by atoms with Crippen molar-refractivity contribution >= 4 is 23.3 Å². The van der Waals surface area contributed by atoms with Crippen molar-refractivity contribution in [2.24, 2.45) is 11.8 Å². The molecular weight excluding hydrogens is 496 g/mol. The van der Waals surface area contributed by atoms with Crippen molar-refractivity contribution in [1.29, 1.82) is 0 Å². The molecule has 4 heterocycles. The molecule has 200 valence electrons. The minimum atomic E-state index is -0.348. The van der Waals surface area contributed by atoms with E-state index in [1.54, 1.807) is 6.92 Å². The van der Waals surface area contributed by atoms with Gasteiger partial charge < -0.3 is 4.57 Å². The third kappa shape index (κ3) is 4.09. The lowest BCUT2D eigenvalue weighted by atomic mass is 9.68. The van der Waals surface area contributed by atoms with E-state index in [9.17, 15) is 9.59 Å². The summed E-state index contributed by atoms with van der Waals surface area (Å²) >= 11 is 5.40. The second kappa shape index (κ2) is 9.52. The van der Waals surface area contributed by atoms with Gasteiger partial charge in [0.1, 0.15) is 5.69 Å². The van der Waals surface area contributed by atoms with Gasteiger partial charge in [-0.2, -0.15) is 9.78 Å². The molecule has 2 saturated carbocycles. The number of piperidine rings is 2. The quantitative estimate of drug-likeness (QED) is 0.486. The number of aromatic amines is 1. The first kappa shape index (κ1) is 24.4. The van der Waals surface area contributed by atoms with Crippen LogP contribution in [0.15, 0.2) is 33.9 Å². The second-order valence-electron chi connectivity index (χ2n) is 12.2. The molecule has 1 N–H and O–H groups in total. The lowest BCUT2D eigenvalue weighted by Gasteiger charge is -2.55. The largest absolute Gasteiger partial charge is 0.300 e. The highest BCUT2D eigenvalue weighted by atomic mass is 32.1. The maximum atomic E-state index is 14.2. The van der Waals surface area contributed by atoms with Gasteiger partial charge in [-0.3, -0.25) is 19.5 Å². The van der Waals surface area contributed by atoms with Crippen LogP contribution >= 0.6 is 12.2 Å². The van der Waals surface area contributed by atoms with Crippen molar-refractivity contribution in [1.82, 2.24) is 29.2 Å². The van der Waals surface area contributed by atoms with Gasteiger partial charge in [0.15, 0.2) is 0 Å². The van der Waals surface area contributed by atoms with Crippen molar-refractivity contribution < 1.29 is 0 Å². The third-order valence-electron chi connectivity index (χ3n) is 9.87. The summed E-state index contributed by atoms with van der Waals surface area (Å²) in [6, 6.07) is 9.71. The zero-order chi connectivity index (χ0) is 26.0. The summed E-state index contributed by atoms with van der Waals surface area (Å²) in [6.45, 7) is 1.61. The average molecular weight is 533 g/mol. The van der Waals surface area contributed by atoms with E-state index >= 15 is 0 Å². The van der Waals surface area contributed by atoms with Crippen LogP contribution in [0, 0.1) is 23.5 Å². The van der Waals surface area contributed by atoms with E-state index in [2.05, 4.69) is 15.0 Å². The Labute approximate surface area is 227 Å². The Bertz CT molecular complexity index is 1530. The van der Waals surface area contributed by atoms with Gasteiger partial charge in [-0.1, -0.05) is 37.8 Å². The number of fused-ring (bicyclic) bond motifs is 5. The number of para-hydroxylation sites is 2. The van der Waals surface area contributed by atoms with Gasteiger partial charge in [-0.25, -0.2) is 4.98 Å². The number of hydrogen-bond donors (Lipinski definition) is 1. The summed E-state index contributed by atoms with van der Waals surface area (Å²) in [5, 5.41) is 4.34. The number of benzene rings is 1. The minimum absolute atomic E-state index is 0.0848. The topological polar surface area (TPSA) is 88.8 Å². The molecule has 2 aromatic heterocycles. The van der Waals surface area contributed by atoms with Crippen LogP contribution in [0.2, 0.25) is 0 Å². The van der Waals surface area contributed by atoms with Crippen LogP contribution in [-0.4, -0.2) is 47.3 Å². The molecule has 0 unspecified atom stereocenters. The number of aryl methyl sites for hydroxylation is 1. The fraction of sp³-hybridized carbons (Fsp3) is 0.621. The Morgan fingerprint density at radius 3 is 2.29 bits per heavy atom. The van der Waals surface area contributed by atoms with E-state index < -0.39 is 0 Å². The zero-order valence-electron chi connectivity index (χ0n) is 22.0. The van der Waals surface area contributed by atoms with Gasteiger partial charge in [-0.05, 0) is 88.1 Å². The van der Waals surface area contributed by atoms with Gasteiger partial charge in [0, 0.05) is 24.2 Å². The summed E-state index contributed by atoms with van der Waals surface area (Å²) in [6.07, 6.45) is 14.1. The fourth-order valence-electron chi connectivity index (χ4n) is 8.40. The zero-order valence-corrected chi connectivity index (χ0v) is 22.8. The lowest BCUT2D eigenvalue weighted by Crippen LogP contribution is -2.58. The lowest BCUT2D eigenvalue weighted by molar-refractivity contribution is -0.0485. The number of nitrogens with zero attached hydrogens (tertiary/aromatic N) is 5. The van der Waals surface area contributed by atoms with Crippen molar-refractivity contribution in [3.63, 3.8) is 0 Å². The summed E-state index contributed by atoms with van der Waals surface area (Å²) in [5.41, 5.74) is 1.31. The summed E-state index contributed by atoms with van der Waals surface area (Å²) < 4.78 is 3.38. The predicted octanol–water partition coefficient (Wildman–Crippen LogP) is 4.84. The molecule has 2 aliphatic carbocycles. The minimum Gasteiger partial charge on any atom is -0.300 e. The molecule has 7 rings (SSSR count). The Hall–Kier alpha value is -2.65. The van der Waals surface area contributed by atoms with E-state index in [0.29, 0.717) is 18.1 Å². The summed E-state index contributed by atoms with van der Waals surface area (Å²) in [4.78, 5) is 36.5. The number of H-pyrrole nitrogens is 1. The van der Waals surface area contributed by atoms with Crippen LogP contribution < -0.4 is 11.1 Å². The Balaban J connectivity index is 1.29. The van der Waals surface area contributed by atoms with Gasteiger partial charge in [-0.15, -0.1) is 0 Å². The Kier molecular flexibility index (Phi) is 6.11. The number of hydrogen-bond acceptors (Lipinski definition) is 6. The second-order valence-corrected chi connectivity index (χ2v) is 12.6. The molecule has 1 aromatic carbocycles. The monoisotopic (exact) mass is 532 g/mol. The molecule has 0 amide bonds. The molecule has 2 saturated heterocycles. The molecule has 6 atom stereocenters. The first-order valence-corrected chi connectivity index (χ1v) is 14.9. The van der Waals surface area contributed by atoms with E-state index in [1.165, 1.54) is 62.5 Å². The molecule has 4 aliphatic rings. The number of rotatable bonds is 3. The Morgan fingerprint density at radius 2 is 1.55 bits per heavy atom. The normalized spacial score (nSPS) is 31.4. The van der Waals surface area contributed by atoms with Gasteiger partial charge in [0.25, 0.3) is 11.1 Å². The van der Waals surface area contributed by atoms with Crippen LogP contribution in [0.1, 0.15) is 82.4 Å². The van der Waals surface area contributed by atoms with Crippen molar-refractivity contribution in [2.75, 3.05) is 0 Å². The van der Waals surface area contributed by atoms with Crippen molar-refractivity contribution in [3.05, 3.63) is 55.4 Å². The molecule has 0 spiro atoms. The van der Waals surface area contributed by atoms with E-state index in [1.807, 2.05) is 28.8 Å². The molecule has 4 fully saturated rings. The molecule has 2 aliphatic heterocycles. The highest BCUT2D eigenvalue weighted by Crippen LogP contribution is 2.47. The molecule has 8 nitrogen and oxygen atoms in total. The highest BCUT2D eigenvalue weighted by molar-refractivity contribution is 7.71. The molecule has 4 bridgehead atoms. The van der Waals surface area contributed by atoms with E-state index in [-0.39, 0.29) is 33.4 Å². The van der Waals surface area contributed by atoms with Crippen molar-refractivity contribution in [2.45, 2.75) is 102 Å². The van der Waals surface area contributed by atoms with E-state index in [4.69, 9.17) is 17.2 Å². The molecular formula is C29H36N6O2S. The van der Waals surface area contributed by atoms with Crippen LogP contribution in [0.5, 0.6) is 0 Å². The molecule has 0 radical (unpaired) electrons. The van der Waals surface area contributed by atoms with Crippen LogP contribution in [0.25, 0.3) is 16.9 Å². The predicted molar refractivity (Wildman–Crippen MR) is 149 cm³/mol. The molecule has 9 heteroatoms. The number of nitrogens with one attached hydrogen (secondary N) is 1. The van der Waals surface area contributed by atoms with Crippen molar-refractivity contribution in [3.8, 4) is 5.82 Å². The maximum absolute atomic E-state index is 14.2. The van der Waals surface area contributed by atoms with Gasteiger partial charge >= 0.3 is 0 Å². The summed E-state index contributed by atoms with van der Waals surface area (Å²) in [5.74, 6) is 1.98. The molecule has 38 heavy (non-hydrogen) atoms. The SMILES string of the molecule is Cc1nn(-c2nc3ccccc3n([C@H]3C[C@H]4CCC[C@@H](C3)N4[C@H]3C[C@@H]4CCC[C@@H](C4)C3)c2=O)c(=S)[nH]c1=O. The standard InChI is InChI=1S/C29H36N6O2S/c1-17-27(36)31-29(38)35(32-17)26-28(37)34(25-11-3-2-10-24(25)30-26)23-15-20-8-5-9-21(16-23)33(20)22-13-18-6-4-7-19(12-18)14-22/h2-3,10-11,18-23H,4-9,12-16H2,1H3,(H,31,36,38)/t18-,19+,20-,21+,22+,23+.